The van der Waals surface area contributed by atoms with E-state index >= 15 is 0 Å². The Bertz CT molecular complexity index is 803. The summed E-state index contributed by atoms with van der Waals surface area (Å²) in [5, 5.41) is 11.2. The van der Waals surface area contributed by atoms with Crippen molar-refractivity contribution in [1.82, 2.24) is 5.32 Å². The van der Waals surface area contributed by atoms with Gasteiger partial charge in [0.05, 0.1) is 25.9 Å². The Hall–Kier alpha value is -3.53. The molecule has 1 amide bonds. The summed E-state index contributed by atoms with van der Waals surface area (Å²) >= 11 is 0. The maximum atomic E-state index is 12.2. The lowest BCUT2D eigenvalue weighted by Gasteiger charge is -2.09. The van der Waals surface area contributed by atoms with Crippen LogP contribution in [0.5, 0.6) is 11.5 Å². The molecule has 0 aromatic heterocycles. The number of carbonyl (C=O) groups is 2. The van der Waals surface area contributed by atoms with Gasteiger partial charge >= 0.3 is 5.97 Å². The van der Waals surface area contributed by atoms with Gasteiger partial charge in [-0.05, 0) is 29.8 Å². The molecule has 0 aliphatic heterocycles. The van der Waals surface area contributed by atoms with E-state index in [4.69, 9.17) is 19.5 Å². The van der Waals surface area contributed by atoms with E-state index in [1.54, 1.807) is 42.5 Å². The van der Waals surface area contributed by atoms with Crippen molar-refractivity contribution in [3.63, 3.8) is 0 Å². The van der Waals surface area contributed by atoms with Crippen LogP contribution in [0.1, 0.15) is 21.5 Å². The average Bonchev–Trinajstić information content (AvgIpc) is 2.70. The summed E-state index contributed by atoms with van der Waals surface area (Å²) in [5.41, 5.74) is 1.59. The fraction of sp³-hybridized carbons (Fsp3) is 0.211. The van der Waals surface area contributed by atoms with Gasteiger partial charge in [-0.15, -0.1) is 0 Å². The Kier molecular flexibility index (Phi) is 6.57. The third-order valence-electron chi connectivity index (χ3n) is 3.49. The molecule has 0 fully saturated rings. The Morgan fingerprint density at radius 1 is 1.04 bits per heavy atom. The number of benzene rings is 2. The zero-order valence-corrected chi connectivity index (χ0v) is 14.4. The molecule has 2 rings (SSSR count). The summed E-state index contributed by atoms with van der Waals surface area (Å²) in [4.78, 5) is 24.0. The molecule has 0 aliphatic carbocycles. The SMILES string of the molecule is COc1cc(OC)cc(C(=O)NCC(=O)OCc2ccc(C#N)cc2)c1. The summed E-state index contributed by atoms with van der Waals surface area (Å²) in [6, 6.07) is 13.4. The first kappa shape index (κ1) is 18.8. The third kappa shape index (κ3) is 5.24. The molecule has 0 unspecified atom stereocenters. The summed E-state index contributed by atoms with van der Waals surface area (Å²) < 4.78 is 15.3. The van der Waals surface area contributed by atoms with E-state index in [2.05, 4.69) is 5.32 Å². The first-order valence-electron chi connectivity index (χ1n) is 7.71. The maximum Gasteiger partial charge on any atom is 0.325 e. The Morgan fingerprint density at radius 3 is 2.19 bits per heavy atom. The molecule has 0 spiro atoms. The number of ether oxygens (including phenoxy) is 3. The van der Waals surface area contributed by atoms with Crippen LogP contribution < -0.4 is 14.8 Å². The standard InChI is InChI=1S/C19H18N2O5/c1-24-16-7-15(8-17(9-16)25-2)19(23)21-11-18(22)26-12-14-5-3-13(10-20)4-6-14/h3-9H,11-12H2,1-2H3,(H,21,23). The maximum absolute atomic E-state index is 12.2. The second-order valence-corrected chi connectivity index (χ2v) is 5.25. The number of hydrogen-bond donors (Lipinski definition) is 1. The van der Waals surface area contributed by atoms with Gasteiger partial charge in [-0.2, -0.15) is 5.26 Å². The third-order valence-corrected chi connectivity index (χ3v) is 3.49. The van der Waals surface area contributed by atoms with Crippen LogP contribution in [0.25, 0.3) is 0 Å². The Labute approximate surface area is 151 Å². The molecule has 0 bridgehead atoms. The van der Waals surface area contributed by atoms with Crippen LogP contribution in [0.3, 0.4) is 0 Å². The summed E-state index contributed by atoms with van der Waals surface area (Å²) in [5.74, 6) is -0.0779. The van der Waals surface area contributed by atoms with Gasteiger partial charge in [0, 0.05) is 11.6 Å². The zero-order chi connectivity index (χ0) is 18.9. The highest BCUT2D eigenvalue weighted by molar-refractivity contribution is 5.96. The van der Waals surface area contributed by atoms with Gasteiger partial charge in [0.25, 0.3) is 5.91 Å². The molecule has 1 N–H and O–H groups in total. The van der Waals surface area contributed by atoms with Gasteiger partial charge in [0.1, 0.15) is 24.7 Å². The van der Waals surface area contributed by atoms with E-state index in [-0.39, 0.29) is 13.2 Å². The molecular weight excluding hydrogens is 336 g/mol. The van der Waals surface area contributed by atoms with Crippen LogP contribution in [0.2, 0.25) is 0 Å². The number of nitrogens with zero attached hydrogens (tertiary/aromatic N) is 1. The fourth-order valence-electron chi connectivity index (χ4n) is 2.08. The van der Waals surface area contributed by atoms with Crippen LogP contribution >= 0.6 is 0 Å². The van der Waals surface area contributed by atoms with Crippen molar-refractivity contribution in [2.45, 2.75) is 6.61 Å². The minimum Gasteiger partial charge on any atom is -0.497 e. The minimum atomic E-state index is -0.572. The molecule has 2 aromatic rings. The minimum absolute atomic E-state index is 0.0629. The number of hydrogen-bond acceptors (Lipinski definition) is 6. The van der Waals surface area contributed by atoms with E-state index in [1.807, 2.05) is 6.07 Å². The summed E-state index contributed by atoms with van der Waals surface area (Å²) in [6.07, 6.45) is 0. The van der Waals surface area contributed by atoms with Crippen molar-refractivity contribution in [2.24, 2.45) is 0 Å². The van der Waals surface area contributed by atoms with Crippen LogP contribution in [-0.2, 0) is 16.1 Å². The Balaban J connectivity index is 1.86. The predicted octanol–water partition coefficient (Wildman–Crippen LogP) is 2.05. The predicted molar refractivity (Wildman–Crippen MR) is 92.8 cm³/mol. The molecule has 0 saturated heterocycles. The number of amides is 1. The Morgan fingerprint density at radius 2 is 1.65 bits per heavy atom. The summed E-state index contributed by atoms with van der Waals surface area (Å²) in [6.45, 7) is -0.206. The van der Waals surface area contributed by atoms with E-state index in [1.165, 1.54) is 14.2 Å². The molecule has 134 valence electrons. The number of rotatable bonds is 7. The van der Waals surface area contributed by atoms with Crippen molar-refractivity contribution in [3.05, 3.63) is 59.2 Å². The van der Waals surface area contributed by atoms with Gasteiger partial charge in [-0.1, -0.05) is 12.1 Å². The number of nitriles is 1. The van der Waals surface area contributed by atoms with E-state index in [0.717, 1.165) is 5.56 Å². The van der Waals surface area contributed by atoms with Gasteiger partial charge < -0.3 is 19.5 Å². The number of carbonyl (C=O) groups excluding carboxylic acids is 2. The average molecular weight is 354 g/mol. The van der Waals surface area contributed by atoms with Crippen LogP contribution in [0.15, 0.2) is 42.5 Å². The van der Waals surface area contributed by atoms with Crippen molar-refractivity contribution in [2.75, 3.05) is 20.8 Å². The lowest BCUT2D eigenvalue weighted by Crippen LogP contribution is -2.30. The van der Waals surface area contributed by atoms with Gasteiger partial charge in [-0.25, -0.2) is 0 Å². The molecule has 0 saturated carbocycles. The molecule has 7 heteroatoms. The zero-order valence-electron chi connectivity index (χ0n) is 14.4. The fourth-order valence-corrected chi connectivity index (χ4v) is 2.08. The van der Waals surface area contributed by atoms with Gasteiger partial charge in [0.15, 0.2) is 0 Å². The van der Waals surface area contributed by atoms with Gasteiger partial charge in [0.2, 0.25) is 0 Å². The molecule has 7 nitrogen and oxygen atoms in total. The molecular formula is C19H18N2O5. The highest BCUT2D eigenvalue weighted by Crippen LogP contribution is 2.22. The second-order valence-electron chi connectivity index (χ2n) is 5.25. The topological polar surface area (TPSA) is 97.7 Å². The number of methoxy groups -OCH3 is 2. The van der Waals surface area contributed by atoms with E-state index in [9.17, 15) is 9.59 Å². The number of nitrogens with one attached hydrogen (secondary N) is 1. The van der Waals surface area contributed by atoms with Gasteiger partial charge in [-0.3, -0.25) is 9.59 Å². The first-order valence-corrected chi connectivity index (χ1v) is 7.71. The van der Waals surface area contributed by atoms with Crippen molar-refractivity contribution >= 4 is 11.9 Å². The van der Waals surface area contributed by atoms with Crippen molar-refractivity contribution in [3.8, 4) is 17.6 Å². The van der Waals surface area contributed by atoms with E-state index in [0.29, 0.717) is 22.6 Å². The molecule has 0 atom stereocenters. The molecule has 0 aliphatic rings. The van der Waals surface area contributed by atoms with Crippen LogP contribution in [-0.4, -0.2) is 32.6 Å². The molecule has 26 heavy (non-hydrogen) atoms. The quantitative estimate of drug-likeness (QED) is 0.764. The summed E-state index contributed by atoms with van der Waals surface area (Å²) in [7, 11) is 2.97. The lowest BCUT2D eigenvalue weighted by molar-refractivity contribution is -0.143. The van der Waals surface area contributed by atoms with Crippen molar-refractivity contribution in [1.29, 1.82) is 5.26 Å². The molecule has 0 heterocycles. The molecule has 2 aromatic carbocycles. The normalized spacial score (nSPS) is 9.73. The monoisotopic (exact) mass is 354 g/mol. The second kappa shape index (κ2) is 9.08. The first-order chi connectivity index (χ1) is 12.5. The highest BCUT2D eigenvalue weighted by atomic mass is 16.5. The van der Waals surface area contributed by atoms with E-state index < -0.39 is 11.9 Å². The van der Waals surface area contributed by atoms with Crippen LogP contribution in [0, 0.1) is 11.3 Å². The smallest absolute Gasteiger partial charge is 0.325 e. The number of esters is 1. The molecule has 0 radical (unpaired) electrons. The van der Waals surface area contributed by atoms with Crippen molar-refractivity contribution < 1.29 is 23.8 Å². The highest BCUT2D eigenvalue weighted by Gasteiger charge is 2.12. The van der Waals surface area contributed by atoms with Crippen LogP contribution in [0.4, 0.5) is 0 Å². The largest absolute Gasteiger partial charge is 0.497 e. The lowest BCUT2D eigenvalue weighted by atomic mass is 10.2.